The Morgan fingerprint density at radius 3 is 2.88 bits per heavy atom. The predicted molar refractivity (Wildman–Crippen MR) is 72.5 cm³/mol. The quantitative estimate of drug-likeness (QED) is 0.830. The molecule has 3 rings (SSSR count). The third-order valence-electron chi connectivity index (χ3n) is 4.65. The molecule has 17 heavy (non-hydrogen) atoms. The van der Waals surface area contributed by atoms with Gasteiger partial charge in [-0.1, -0.05) is 25.1 Å². The number of para-hydroxylation sites is 1. The van der Waals surface area contributed by atoms with Gasteiger partial charge in [0.25, 0.3) is 0 Å². The summed E-state index contributed by atoms with van der Waals surface area (Å²) < 4.78 is 0. The Morgan fingerprint density at radius 2 is 2.18 bits per heavy atom. The summed E-state index contributed by atoms with van der Waals surface area (Å²) in [5.41, 5.74) is 3.29. The smallest absolute Gasteiger partial charge is 0.0376 e. The molecule has 0 bridgehead atoms. The molecule has 2 nitrogen and oxygen atoms in total. The Hall–Kier alpha value is -1.02. The highest BCUT2D eigenvalue weighted by Gasteiger charge is 2.35. The first-order valence-corrected chi connectivity index (χ1v) is 6.91. The summed E-state index contributed by atoms with van der Waals surface area (Å²) in [5, 5.41) is 7.33. The number of rotatable bonds is 4. The van der Waals surface area contributed by atoms with Crippen LogP contribution in [0.15, 0.2) is 24.3 Å². The molecule has 1 fully saturated rings. The van der Waals surface area contributed by atoms with Gasteiger partial charge in [-0.15, -0.1) is 0 Å². The average Bonchev–Trinajstić information content (AvgIpc) is 2.72. The van der Waals surface area contributed by atoms with Crippen molar-refractivity contribution >= 4 is 5.69 Å². The van der Waals surface area contributed by atoms with Crippen LogP contribution < -0.4 is 10.6 Å². The van der Waals surface area contributed by atoms with E-state index in [9.17, 15) is 0 Å². The molecule has 1 aliphatic heterocycles. The Labute approximate surface area is 104 Å². The highest BCUT2D eigenvalue weighted by Crippen LogP contribution is 2.36. The van der Waals surface area contributed by atoms with E-state index in [1.165, 1.54) is 36.9 Å². The summed E-state index contributed by atoms with van der Waals surface area (Å²) in [6.45, 7) is 4.52. The molecule has 0 spiro atoms. The van der Waals surface area contributed by atoms with Crippen LogP contribution in [0.3, 0.4) is 0 Å². The molecule has 0 saturated heterocycles. The molecule has 2 N–H and O–H groups in total. The molecule has 1 atom stereocenters. The van der Waals surface area contributed by atoms with Crippen LogP contribution in [0.5, 0.6) is 0 Å². The van der Waals surface area contributed by atoms with Crippen LogP contribution >= 0.6 is 0 Å². The van der Waals surface area contributed by atoms with Crippen molar-refractivity contribution < 1.29 is 0 Å². The normalized spacial score (nSPS) is 24.9. The number of hydrogen-bond donors (Lipinski definition) is 2. The molecule has 0 amide bonds. The summed E-state index contributed by atoms with van der Waals surface area (Å²) in [6.07, 6.45) is 5.41. The molecule has 1 aromatic rings. The van der Waals surface area contributed by atoms with E-state index in [-0.39, 0.29) is 0 Å². The molecule has 0 radical (unpaired) electrons. The second kappa shape index (κ2) is 4.34. The summed E-state index contributed by atoms with van der Waals surface area (Å²) in [4.78, 5) is 0. The Bertz CT molecular complexity index is 390. The van der Waals surface area contributed by atoms with Gasteiger partial charge in [-0.2, -0.15) is 0 Å². The van der Waals surface area contributed by atoms with Gasteiger partial charge < -0.3 is 10.6 Å². The lowest BCUT2D eigenvalue weighted by molar-refractivity contribution is 0.175. The maximum Gasteiger partial charge on any atom is 0.0376 e. The summed E-state index contributed by atoms with van der Waals surface area (Å²) in [6, 6.07) is 8.72. The van der Waals surface area contributed by atoms with Gasteiger partial charge >= 0.3 is 0 Å². The van der Waals surface area contributed by atoms with E-state index < -0.39 is 0 Å². The Morgan fingerprint density at radius 1 is 1.35 bits per heavy atom. The fourth-order valence-electron chi connectivity index (χ4n) is 3.14. The number of fused-ring (bicyclic) bond motifs is 1. The third-order valence-corrected chi connectivity index (χ3v) is 4.65. The lowest BCUT2D eigenvalue weighted by atomic mass is 9.74. The van der Waals surface area contributed by atoms with Crippen molar-refractivity contribution in [2.75, 3.05) is 18.4 Å². The molecular formula is C15H22N2. The molecular weight excluding hydrogens is 208 g/mol. The molecule has 2 aliphatic rings. The molecule has 2 heteroatoms. The third kappa shape index (κ3) is 1.95. The second-order valence-electron chi connectivity index (χ2n) is 5.53. The molecule has 1 aromatic carbocycles. The highest BCUT2D eigenvalue weighted by molar-refractivity contribution is 5.57. The van der Waals surface area contributed by atoms with Crippen molar-refractivity contribution in [1.82, 2.24) is 5.32 Å². The first-order valence-electron chi connectivity index (χ1n) is 6.91. The van der Waals surface area contributed by atoms with E-state index in [1.54, 1.807) is 0 Å². The van der Waals surface area contributed by atoms with Crippen molar-refractivity contribution in [2.45, 2.75) is 44.1 Å². The van der Waals surface area contributed by atoms with Crippen LogP contribution in [0.4, 0.5) is 5.69 Å². The minimum absolute atomic E-state index is 0.470. The van der Waals surface area contributed by atoms with E-state index in [0.717, 1.165) is 13.1 Å². The van der Waals surface area contributed by atoms with E-state index in [2.05, 4.69) is 41.8 Å². The Balaban J connectivity index is 1.64. The van der Waals surface area contributed by atoms with Crippen LogP contribution in [0.1, 0.15) is 44.1 Å². The maximum absolute atomic E-state index is 3.83. The van der Waals surface area contributed by atoms with Gasteiger partial charge in [0.1, 0.15) is 0 Å². The van der Waals surface area contributed by atoms with Crippen LogP contribution in [-0.2, 0) is 0 Å². The zero-order valence-electron chi connectivity index (χ0n) is 10.6. The first kappa shape index (κ1) is 11.1. The molecule has 1 heterocycles. The molecule has 1 saturated carbocycles. The van der Waals surface area contributed by atoms with Gasteiger partial charge in [-0.25, -0.2) is 0 Å². The van der Waals surface area contributed by atoms with E-state index in [1.807, 2.05) is 0 Å². The van der Waals surface area contributed by atoms with Crippen molar-refractivity contribution in [3.8, 4) is 0 Å². The van der Waals surface area contributed by atoms with E-state index in [4.69, 9.17) is 0 Å². The Kier molecular flexibility index (Phi) is 2.83. The van der Waals surface area contributed by atoms with E-state index >= 15 is 0 Å². The number of benzene rings is 1. The second-order valence-corrected chi connectivity index (χ2v) is 5.53. The van der Waals surface area contributed by atoms with Gasteiger partial charge in [0.2, 0.25) is 0 Å². The number of anilines is 1. The first-order chi connectivity index (χ1) is 8.33. The van der Waals surface area contributed by atoms with Crippen LogP contribution in [0.2, 0.25) is 0 Å². The van der Waals surface area contributed by atoms with Crippen molar-refractivity contribution in [3.05, 3.63) is 29.8 Å². The standard InChI is InChI=1S/C15H22N2/c1-2-15(8-5-9-15)17-11-12-10-16-14-7-4-3-6-13(12)14/h3-4,6-7,12,16-17H,2,5,8-11H2,1H3. The van der Waals surface area contributed by atoms with Crippen LogP contribution in [0, 0.1) is 0 Å². The van der Waals surface area contributed by atoms with Crippen molar-refractivity contribution in [2.24, 2.45) is 0 Å². The monoisotopic (exact) mass is 230 g/mol. The van der Waals surface area contributed by atoms with Gasteiger partial charge in [0, 0.05) is 30.2 Å². The number of hydrogen-bond acceptors (Lipinski definition) is 2. The molecule has 1 aliphatic carbocycles. The minimum atomic E-state index is 0.470. The maximum atomic E-state index is 3.83. The average molecular weight is 230 g/mol. The van der Waals surface area contributed by atoms with Gasteiger partial charge in [0.15, 0.2) is 0 Å². The molecule has 1 unspecified atom stereocenters. The number of nitrogens with one attached hydrogen (secondary N) is 2. The fourth-order valence-corrected chi connectivity index (χ4v) is 3.14. The van der Waals surface area contributed by atoms with E-state index in [0.29, 0.717) is 11.5 Å². The predicted octanol–water partition coefficient (Wildman–Crippen LogP) is 3.12. The topological polar surface area (TPSA) is 24.1 Å². The van der Waals surface area contributed by atoms with Crippen molar-refractivity contribution in [3.63, 3.8) is 0 Å². The van der Waals surface area contributed by atoms with Crippen LogP contribution in [0.25, 0.3) is 0 Å². The lowest BCUT2D eigenvalue weighted by Crippen LogP contribution is -2.51. The van der Waals surface area contributed by atoms with Crippen molar-refractivity contribution in [1.29, 1.82) is 0 Å². The van der Waals surface area contributed by atoms with Gasteiger partial charge in [-0.05, 0) is 37.3 Å². The largest absolute Gasteiger partial charge is 0.384 e. The molecule has 92 valence electrons. The fraction of sp³-hybridized carbons (Fsp3) is 0.600. The van der Waals surface area contributed by atoms with Gasteiger partial charge in [-0.3, -0.25) is 0 Å². The SMILES string of the molecule is CCC1(NCC2CNc3ccccc32)CCC1. The highest BCUT2D eigenvalue weighted by atomic mass is 15.0. The lowest BCUT2D eigenvalue weighted by Gasteiger charge is -2.43. The minimum Gasteiger partial charge on any atom is -0.384 e. The summed E-state index contributed by atoms with van der Waals surface area (Å²) in [7, 11) is 0. The summed E-state index contributed by atoms with van der Waals surface area (Å²) in [5.74, 6) is 0.648. The molecule has 0 aromatic heterocycles. The zero-order chi connectivity index (χ0) is 11.7. The summed E-state index contributed by atoms with van der Waals surface area (Å²) >= 11 is 0. The van der Waals surface area contributed by atoms with Gasteiger partial charge in [0.05, 0.1) is 0 Å². The zero-order valence-corrected chi connectivity index (χ0v) is 10.6. The van der Waals surface area contributed by atoms with Crippen LogP contribution in [-0.4, -0.2) is 18.6 Å².